The van der Waals surface area contributed by atoms with E-state index in [4.69, 9.17) is 16.3 Å². The number of hydrogen-bond donors (Lipinski definition) is 1. The van der Waals surface area contributed by atoms with Crippen LogP contribution >= 0.6 is 0 Å². The molecule has 0 radical (unpaired) electrons. The Kier molecular flexibility index (Phi) is 3.74. The summed E-state index contributed by atoms with van der Waals surface area (Å²) < 4.78 is 0. The third-order valence-electron chi connectivity index (χ3n) is 2.63. The zero-order valence-corrected chi connectivity index (χ0v) is 9.44. The van der Waals surface area contributed by atoms with Gasteiger partial charge in [0.2, 0.25) is 0 Å². The molecule has 0 aliphatic heterocycles. The van der Waals surface area contributed by atoms with E-state index < -0.39 is 0 Å². The second-order valence-corrected chi connectivity index (χ2v) is 3.67. The van der Waals surface area contributed by atoms with Crippen molar-refractivity contribution in [2.24, 2.45) is 0 Å². The Hall–Kier alpha value is -2.20. The Morgan fingerprint density at radius 2 is 2.12 bits per heavy atom. The maximum atomic E-state index is 8.87. The highest BCUT2D eigenvalue weighted by Crippen LogP contribution is 2.27. The highest BCUT2D eigenvalue weighted by molar-refractivity contribution is 5.74. The molecular formula is C12H14N4. The summed E-state index contributed by atoms with van der Waals surface area (Å²) in [5.74, 6) is 0. The molecule has 0 fully saturated rings. The molecular weight excluding hydrogens is 200 g/mol. The van der Waals surface area contributed by atoms with Crippen LogP contribution in [0.25, 0.3) is 0 Å². The maximum Gasteiger partial charge on any atom is 0.101 e. The molecule has 0 saturated carbocycles. The van der Waals surface area contributed by atoms with E-state index in [0.717, 1.165) is 5.69 Å². The molecule has 1 aromatic carbocycles. The zero-order chi connectivity index (χ0) is 12.1. The van der Waals surface area contributed by atoms with Crippen LogP contribution < -0.4 is 10.6 Å². The van der Waals surface area contributed by atoms with E-state index in [9.17, 15) is 0 Å². The summed E-state index contributed by atoms with van der Waals surface area (Å²) in [4.78, 5) is 1.92. The van der Waals surface area contributed by atoms with E-state index in [1.165, 1.54) is 0 Å². The summed E-state index contributed by atoms with van der Waals surface area (Å²) >= 11 is 0. The Morgan fingerprint density at radius 3 is 2.69 bits per heavy atom. The molecule has 2 N–H and O–H groups in total. The first-order chi connectivity index (χ1) is 7.61. The molecule has 0 aromatic heterocycles. The average Bonchev–Trinajstić information content (AvgIpc) is 2.29. The summed E-state index contributed by atoms with van der Waals surface area (Å²) in [7, 11) is 1.87. The molecule has 0 bridgehead atoms. The van der Waals surface area contributed by atoms with Crippen molar-refractivity contribution in [1.82, 2.24) is 0 Å². The van der Waals surface area contributed by atoms with E-state index in [0.29, 0.717) is 17.7 Å². The predicted octanol–water partition coefficient (Wildman–Crippen LogP) is 1.88. The number of rotatable bonds is 3. The largest absolute Gasteiger partial charge is 0.396 e. The van der Waals surface area contributed by atoms with Gasteiger partial charge in [-0.3, -0.25) is 0 Å². The van der Waals surface area contributed by atoms with Crippen LogP contribution in [0.4, 0.5) is 11.4 Å². The highest BCUT2D eigenvalue weighted by atomic mass is 15.1. The van der Waals surface area contributed by atoms with E-state index in [1.807, 2.05) is 31.0 Å². The van der Waals surface area contributed by atoms with Crippen molar-refractivity contribution < 1.29 is 0 Å². The molecule has 16 heavy (non-hydrogen) atoms. The van der Waals surface area contributed by atoms with Gasteiger partial charge in [-0.05, 0) is 19.1 Å². The second kappa shape index (κ2) is 5.04. The number of nitrogens with zero attached hydrogens (tertiary/aromatic N) is 3. The molecule has 0 amide bonds. The smallest absolute Gasteiger partial charge is 0.101 e. The number of anilines is 2. The molecule has 0 heterocycles. The van der Waals surface area contributed by atoms with Gasteiger partial charge in [0.05, 0.1) is 29.4 Å². The topological polar surface area (TPSA) is 76.8 Å². The van der Waals surface area contributed by atoms with Gasteiger partial charge < -0.3 is 10.6 Å². The Balaban J connectivity index is 3.06. The minimum Gasteiger partial charge on any atom is -0.396 e. The fraction of sp³-hybridized carbons (Fsp3) is 0.333. The highest BCUT2D eigenvalue weighted by Gasteiger charge is 2.13. The van der Waals surface area contributed by atoms with E-state index >= 15 is 0 Å². The SMILES string of the molecule is CC(CC#N)N(C)c1cccc(C#N)c1N. The molecule has 4 nitrogen and oxygen atoms in total. The second-order valence-electron chi connectivity index (χ2n) is 3.67. The van der Waals surface area contributed by atoms with Crippen LogP contribution in [0.2, 0.25) is 0 Å². The molecule has 0 saturated heterocycles. The van der Waals surface area contributed by atoms with Crippen LogP contribution in [0, 0.1) is 22.7 Å². The predicted molar refractivity (Wildman–Crippen MR) is 63.7 cm³/mol. The van der Waals surface area contributed by atoms with Gasteiger partial charge in [-0.15, -0.1) is 0 Å². The monoisotopic (exact) mass is 214 g/mol. The normalized spacial score (nSPS) is 11.2. The van der Waals surface area contributed by atoms with Crippen molar-refractivity contribution in [3.05, 3.63) is 23.8 Å². The Labute approximate surface area is 95.5 Å². The average molecular weight is 214 g/mol. The number of nitrogen functional groups attached to an aromatic ring is 1. The molecule has 0 aliphatic rings. The lowest BCUT2D eigenvalue weighted by molar-refractivity contribution is 0.703. The first-order valence-electron chi connectivity index (χ1n) is 5.00. The van der Waals surface area contributed by atoms with Crippen molar-refractivity contribution in [2.45, 2.75) is 19.4 Å². The van der Waals surface area contributed by atoms with Crippen molar-refractivity contribution in [1.29, 1.82) is 10.5 Å². The number of benzene rings is 1. The minimum absolute atomic E-state index is 0.0706. The quantitative estimate of drug-likeness (QED) is 0.779. The van der Waals surface area contributed by atoms with Crippen molar-refractivity contribution in [2.75, 3.05) is 17.7 Å². The van der Waals surface area contributed by atoms with Crippen LogP contribution in [-0.2, 0) is 0 Å². The molecule has 0 spiro atoms. The molecule has 1 rings (SSSR count). The number of nitrogens with two attached hydrogens (primary N) is 1. The van der Waals surface area contributed by atoms with Gasteiger partial charge >= 0.3 is 0 Å². The van der Waals surface area contributed by atoms with E-state index in [2.05, 4.69) is 6.07 Å². The lowest BCUT2D eigenvalue weighted by Gasteiger charge is -2.26. The first kappa shape index (κ1) is 11.9. The van der Waals surface area contributed by atoms with Crippen LogP contribution in [0.15, 0.2) is 18.2 Å². The van der Waals surface area contributed by atoms with Crippen molar-refractivity contribution >= 4 is 11.4 Å². The first-order valence-corrected chi connectivity index (χ1v) is 5.00. The van der Waals surface area contributed by atoms with Crippen molar-refractivity contribution in [3.8, 4) is 12.1 Å². The summed E-state index contributed by atoms with van der Waals surface area (Å²) in [6.45, 7) is 1.95. The molecule has 0 aliphatic carbocycles. The van der Waals surface area contributed by atoms with E-state index in [1.54, 1.807) is 12.1 Å². The molecule has 4 heteroatoms. The Bertz CT molecular complexity index is 453. The summed E-state index contributed by atoms with van der Waals surface area (Å²) in [6, 6.07) is 9.56. The fourth-order valence-corrected chi connectivity index (χ4v) is 1.46. The molecule has 1 unspecified atom stereocenters. The number of para-hydroxylation sites is 1. The van der Waals surface area contributed by atoms with Gasteiger partial charge in [-0.2, -0.15) is 10.5 Å². The standard InChI is InChI=1S/C12H14N4/c1-9(6-7-13)16(2)11-5-3-4-10(8-14)12(11)15/h3-5,9H,6,15H2,1-2H3. The van der Waals surface area contributed by atoms with Gasteiger partial charge in [0.1, 0.15) is 6.07 Å². The van der Waals surface area contributed by atoms with Crippen LogP contribution in [0.1, 0.15) is 18.9 Å². The minimum atomic E-state index is 0.0706. The maximum absolute atomic E-state index is 8.87. The van der Waals surface area contributed by atoms with Gasteiger partial charge in [0.25, 0.3) is 0 Å². The van der Waals surface area contributed by atoms with Gasteiger partial charge in [0.15, 0.2) is 0 Å². The van der Waals surface area contributed by atoms with Crippen LogP contribution in [0.5, 0.6) is 0 Å². The van der Waals surface area contributed by atoms with E-state index in [-0.39, 0.29) is 6.04 Å². The van der Waals surface area contributed by atoms with Gasteiger partial charge in [0, 0.05) is 13.1 Å². The van der Waals surface area contributed by atoms with Crippen molar-refractivity contribution in [3.63, 3.8) is 0 Å². The van der Waals surface area contributed by atoms with Gasteiger partial charge in [-0.25, -0.2) is 0 Å². The third kappa shape index (κ3) is 2.24. The Morgan fingerprint density at radius 1 is 1.44 bits per heavy atom. The number of hydrogen-bond acceptors (Lipinski definition) is 4. The summed E-state index contributed by atoms with van der Waals surface area (Å²) in [5, 5.41) is 17.5. The lowest BCUT2D eigenvalue weighted by atomic mass is 10.1. The van der Waals surface area contributed by atoms with Gasteiger partial charge in [-0.1, -0.05) is 6.07 Å². The molecule has 1 atom stereocenters. The van der Waals surface area contributed by atoms with Crippen LogP contribution in [0.3, 0.4) is 0 Å². The lowest BCUT2D eigenvalue weighted by Crippen LogP contribution is -2.29. The fourth-order valence-electron chi connectivity index (χ4n) is 1.46. The third-order valence-corrected chi connectivity index (χ3v) is 2.63. The summed E-state index contributed by atoms with van der Waals surface area (Å²) in [5.41, 5.74) is 7.61. The number of nitriles is 2. The molecule has 1 aromatic rings. The molecule has 82 valence electrons. The zero-order valence-electron chi connectivity index (χ0n) is 9.44. The summed E-state index contributed by atoms with van der Waals surface area (Å²) in [6.07, 6.45) is 0.423. The van der Waals surface area contributed by atoms with Crippen LogP contribution in [-0.4, -0.2) is 13.1 Å².